The van der Waals surface area contributed by atoms with Crippen molar-refractivity contribution in [1.29, 1.82) is 0 Å². The molecule has 1 N–H and O–H groups in total. The standard InChI is InChI=1S/C37H62O3S/c1-3-5-7-9-11-12-13-14-15-16-17-18-19-21-22-24-26-33-28-29-36-35(30-33)31-34(32-37(36)41(38,39)40)27-25-23-20-10-8-6-4-2/h28-32H,3-27H2,1-2H3,(H,38,39,40). The van der Waals surface area contributed by atoms with E-state index in [4.69, 9.17) is 0 Å². The van der Waals surface area contributed by atoms with Crippen LogP contribution in [0.15, 0.2) is 35.2 Å². The Morgan fingerprint density at radius 3 is 1.27 bits per heavy atom. The van der Waals surface area contributed by atoms with Gasteiger partial charge in [-0.1, -0.05) is 173 Å². The van der Waals surface area contributed by atoms with Gasteiger partial charge >= 0.3 is 0 Å². The summed E-state index contributed by atoms with van der Waals surface area (Å²) in [5.41, 5.74) is 2.27. The molecule has 41 heavy (non-hydrogen) atoms. The van der Waals surface area contributed by atoms with Crippen molar-refractivity contribution in [2.45, 2.75) is 179 Å². The number of fused-ring (bicyclic) bond motifs is 1. The Labute approximate surface area is 254 Å². The molecule has 0 spiro atoms. The molecule has 0 radical (unpaired) electrons. The van der Waals surface area contributed by atoms with E-state index in [2.05, 4.69) is 26.0 Å². The Balaban J connectivity index is 1.67. The highest BCUT2D eigenvalue weighted by Crippen LogP contribution is 2.28. The second-order valence-electron chi connectivity index (χ2n) is 12.5. The average molecular weight is 587 g/mol. The molecule has 0 saturated heterocycles. The normalized spacial score (nSPS) is 12.0. The third-order valence-corrected chi connectivity index (χ3v) is 9.60. The molecule has 234 valence electrons. The highest BCUT2D eigenvalue weighted by atomic mass is 32.2. The zero-order valence-corrected chi connectivity index (χ0v) is 27.6. The van der Waals surface area contributed by atoms with Gasteiger partial charge in [0.25, 0.3) is 10.1 Å². The van der Waals surface area contributed by atoms with Gasteiger partial charge in [0.2, 0.25) is 0 Å². The molecular formula is C37H62O3S. The molecule has 0 bridgehead atoms. The van der Waals surface area contributed by atoms with Crippen LogP contribution in [-0.2, 0) is 23.0 Å². The Morgan fingerprint density at radius 1 is 0.488 bits per heavy atom. The maximum atomic E-state index is 12.2. The molecule has 0 aliphatic carbocycles. The first kappa shape index (κ1) is 35.8. The number of rotatable bonds is 26. The van der Waals surface area contributed by atoms with Crippen LogP contribution >= 0.6 is 0 Å². The van der Waals surface area contributed by atoms with Crippen molar-refractivity contribution in [3.8, 4) is 0 Å². The largest absolute Gasteiger partial charge is 0.295 e. The fraction of sp³-hybridized carbons (Fsp3) is 0.730. The molecule has 0 aliphatic heterocycles. The van der Waals surface area contributed by atoms with Crippen LogP contribution in [0.1, 0.15) is 173 Å². The van der Waals surface area contributed by atoms with Crippen LogP contribution in [0.5, 0.6) is 0 Å². The number of hydrogen-bond acceptors (Lipinski definition) is 2. The lowest BCUT2D eigenvalue weighted by Crippen LogP contribution is -2.01. The molecule has 0 saturated carbocycles. The van der Waals surface area contributed by atoms with Crippen molar-refractivity contribution in [2.75, 3.05) is 0 Å². The zero-order chi connectivity index (χ0) is 29.6. The summed E-state index contributed by atoms with van der Waals surface area (Å²) in [7, 11) is -4.25. The van der Waals surface area contributed by atoms with Crippen molar-refractivity contribution in [2.24, 2.45) is 0 Å². The topological polar surface area (TPSA) is 54.4 Å². The minimum absolute atomic E-state index is 0.0573. The molecule has 0 amide bonds. The maximum absolute atomic E-state index is 12.2. The minimum atomic E-state index is -4.25. The van der Waals surface area contributed by atoms with Gasteiger partial charge in [0.05, 0.1) is 0 Å². The highest BCUT2D eigenvalue weighted by Gasteiger charge is 2.16. The van der Waals surface area contributed by atoms with Gasteiger partial charge in [-0.25, -0.2) is 0 Å². The van der Waals surface area contributed by atoms with Crippen LogP contribution < -0.4 is 0 Å². The Bertz CT molecular complexity index is 1040. The zero-order valence-electron chi connectivity index (χ0n) is 26.7. The predicted molar refractivity (Wildman–Crippen MR) is 179 cm³/mol. The van der Waals surface area contributed by atoms with Gasteiger partial charge in [-0.05, 0) is 48.3 Å². The first-order chi connectivity index (χ1) is 20.0. The third kappa shape index (κ3) is 16.1. The Kier molecular flexibility index (Phi) is 19.4. The SMILES string of the molecule is CCCCCCCCCCCCCCCCCCc1ccc2c(S(=O)(=O)O)cc(CCCCCCCCC)cc2c1. The predicted octanol–water partition coefficient (Wildman–Crippen LogP) is 12.2. The molecule has 0 heterocycles. The van der Waals surface area contributed by atoms with Crippen molar-refractivity contribution >= 4 is 20.9 Å². The van der Waals surface area contributed by atoms with Crippen molar-refractivity contribution in [1.82, 2.24) is 0 Å². The fourth-order valence-corrected chi connectivity index (χ4v) is 6.88. The fourth-order valence-electron chi connectivity index (χ4n) is 6.12. The summed E-state index contributed by atoms with van der Waals surface area (Å²) < 4.78 is 34.2. The quantitative estimate of drug-likeness (QED) is 0.0881. The molecule has 2 aromatic rings. The molecule has 0 atom stereocenters. The molecule has 3 nitrogen and oxygen atoms in total. The molecule has 0 aliphatic rings. The van der Waals surface area contributed by atoms with Crippen LogP contribution in [-0.4, -0.2) is 13.0 Å². The number of unbranched alkanes of at least 4 members (excludes halogenated alkanes) is 21. The van der Waals surface area contributed by atoms with Crippen LogP contribution in [0.25, 0.3) is 10.8 Å². The van der Waals surface area contributed by atoms with E-state index in [-0.39, 0.29) is 4.90 Å². The van der Waals surface area contributed by atoms with Gasteiger partial charge in [-0.3, -0.25) is 4.55 Å². The summed E-state index contributed by atoms with van der Waals surface area (Å²) in [6.07, 6.45) is 32.5. The van der Waals surface area contributed by atoms with Crippen molar-refractivity contribution in [3.05, 3.63) is 41.5 Å². The molecule has 2 aromatic carbocycles. The van der Waals surface area contributed by atoms with E-state index in [1.807, 2.05) is 12.1 Å². The maximum Gasteiger partial charge on any atom is 0.295 e. The lowest BCUT2D eigenvalue weighted by molar-refractivity contribution is 0.484. The second-order valence-corrected chi connectivity index (χ2v) is 13.9. The first-order valence-electron chi connectivity index (χ1n) is 17.5. The lowest BCUT2D eigenvalue weighted by atomic mass is 9.98. The third-order valence-electron chi connectivity index (χ3n) is 8.70. The number of hydrogen-bond donors (Lipinski definition) is 1. The molecule has 2 rings (SSSR count). The Hall–Kier alpha value is -1.39. The first-order valence-corrected chi connectivity index (χ1v) is 18.9. The van der Waals surface area contributed by atoms with Gasteiger partial charge in [0, 0.05) is 5.39 Å². The molecular weight excluding hydrogens is 524 g/mol. The minimum Gasteiger partial charge on any atom is -0.282 e. The summed E-state index contributed by atoms with van der Waals surface area (Å²) in [5.74, 6) is 0. The van der Waals surface area contributed by atoms with Gasteiger partial charge in [0.1, 0.15) is 4.90 Å². The molecule has 4 heteroatoms. The number of aryl methyl sites for hydroxylation is 2. The summed E-state index contributed by atoms with van der Waals surface area (Å²) in [6.45, 7) is 4.52. The summed E-state index contributed by atoms with van der Waals surface area (Å²) in [6, 6.07) is 9.89. The highest BCUT2D eigenvalue weighted by molar-refractivity contribution is 7.86. The van der Waals surface area contributed by atoms with Crippen molar-refractivity contribution < 1.29 is 13.0 Å². The van der Waals surface area contributed by atoms with Crippen LogP contribution in [0.3, 0.4) is 0 Å². The van der Waals surface area contributed by atoms with Gasteiger partial charge in [-0.15, -0.1) is 0 Å². The summed E-state index contributed by atoms with van der Waals surface area (Å²) >= 11 is 0. The smallest absolute Gasteiger partial charge is 0.282 e. The van der Waals surface area contributed by atoms with Crippen LogP contribution in [0.4, 0.5) is 0 Å². The Morgan fingerprint density at radius 2 is 0.854 bits per heavy atom. The van der Waals surface area contributed by atoms with Gasteiger partial charge in [0.15, 0.2) is 0 Å². The van der Waals surface area contributed by atoms with Gasteiger partial charge < -0.3 is 0 Å². The lowest BCUT2D eigenvalue weighted by Gasteiger charge is -2.11. The average Bonchev–Trinajstić information content (AvgIpc) is 2.95. The molecule has 0 unspecified atom stereocenters. The van der Waals surface area contributed by atoms with E-state index in [0.29, 0.717) is 5.39 Å². The van der Waals surface area contributed by atoms with E-state index < -0.39 is 10.1 Å². The van der Waals surface area contributed by atoms with Gasteiger partial charge in [-0.2, -0.15) is 8.42 Å². The van der Waals surface area contributed by atoms with E-state index in [9.17, 15) is 13.0 Å². The van der Waals surface area contributed by atoms with E-state index in [0.717, 1.165) is 30.2 Å². The number of benzene rings is 2. The molecule has 0 aromatic heterocycles. The van der Waals surface area contributed by atoms with E-state index >= 15 is 0 Å². The van der Waals surface area contributed by atoms with E-state index in [1.165, 1.54) is 147 Å². The monoisotopic (exact) mass is 586 g/mol. The summed E-state index contributed by atoms with van der Waals surface area (Å²) in [4.78, 5) is 0.0573. The van der Waals surface area contributed by atoms with Crippen LogP contribution in [0.2, 0.25) is 0 Å². The second kappa shape index (κ2) is 22.2. The van der Waals surface area contributed by atoms with Crippen molar-refractivity contribution in [3.63, 3.8) is 0 Å². The molecule has 0 fully saturated rings. The summed E-state index contributed by atoms with van der Waals surface area (Å²) in [5, 5.41) is 1.57. The van der Waals surface area contributed by atoms with E-state index in [1.54, 1.807) is 6.07 Å². The van der Waals surface area contributed by atoms with Crippen LogP contribution in [0, 0.1) is 0 Å².